The highest BCUT2D eigenvalue weighted by Crippen LogP contribution is 2.22. The highest BCUT2D eigenvalue weighted by atomic mass is 19.1. The number of halogens is 1. The van der Waals surface area contributed by atoms with Crippen molar-refractivity contribution >= 4 is 5.97 Å². The summed E-state index contributed by atoms with van der Waals surface area (Å²) in [4.78, 5) is 16.3. The largest absolute Gasteiger partial charge is 0.493 e. The Morgan fingerprint density at radius 3 is 2.40 bits per heavy atom. The zero-order valence-electron chi connectivity index (χ0n) is 19.4. The lowest BCUT2D eigenvalue weighted by Crippen LogP contribution is -2.38. The van der Waals surface area contributed by atoms with Gasteiger partial charge in [-0.15, -0.1) is 0 Å². The van der Waals surface area contributed by atoms with E-state index in [9.17, 15) is 14.3 Å². The van der Waals surface area contributed by atoms with E-state index in [1.165, 1.54) is 12.1 Å². The molecule has 0 aliphatic carbocycles. The average molecular weight is 475 g/mol. The molecule has 4 aromatic rings. The molecule has 6 nitrogen and oxygen atoms in total. The van der Waals surface area contributed by atoms with Crippen molar-refractivity contribution in [2.24, 2.45) is 0 Å². The number of aliphatic carboxylic acids is 1. The fourth-order valence-corrected chi connectivity index (χ4v) is 3.68. The first-order valence-corrected chi connectivity index (χ1v) is 11.4. The molecular formula is C28H27FN2O4. The summed E-state index contributed by atoms with van der Waals surface area (Å²) in [6, 6.07) is 22.4. The minimum atomic E-state index is -0.940. The predicted octanol–water partition coefficient (Wildman–Crippen LogP) is 5.20. The summed E-state index contributed by atoms with van der Waals surface area (Å²) in [6.45, 7) is 2.68. The van der Waals surface area contributed by atoms with E-state index in [4.69, 9.17) is 9.15 Å². The van der Waals surface area contributed by atoms with E-state index in [0.29, 0.717) is 37.6 Å². The Labute approximate surface area is 203 Å². The van der Waals surface area contributed by atoms with Crippen LogP contribution in [0.2, 0.25) is 0 Å². The summed E-state index contributed by atoms with van der Waals surface area (Å²) in [7, 11) is 0. The Hall–Kier alpha value is -3.97. The Morgan fingerprint density at radius 2 is 1.71 bits per heavy atom. The minimum absolute atomic E-state index is 0.317. The standard InChI is InChI=1S/C28H27FN2O4/c1-19-25(31-27(35-19)22-5-3-2-4-6-22)15-16-34-24-13-9-20(10-14-24)17-26(28(32)33)30-18-21-7-11-23(29)12-8-21/h2-14,26,30H,15-18H2,1H3,(H,32,33). The number of hydrogen-bond donors (Lipinski definition) is 2. The number of carbonyl (C=O) groups is 1. The number of nitrogens with zero attached hydrogens (tertiary/aromatic N) is 1. The molecular weight excluding hydrogens is 447 g/mol. The highest BCUT2D eigenvalue weighted by molar-refractivity contribution is 5.74. The molecule has 35 heavy (non-hydrogen) atoms. The topological polar surface area (TPSA) is 84.6 Å². The van der Waals surface area contributed by atoms with Crippen LogP contribution in [0.5, 0.6) is 5.75 Å². The molecule has 7 heteroatoms. The predicted molar refractivity (Wildman–Crippen MR) is 131 cm³/mol. The van der Waals surface area contributed by atoms with E-state index in [0.717, 1.165) is 28.1 Å². The van der Waals surface area contributed by atoms with Crippen LogP contribution in [0.1, 0.15) is 22.6 Å². The summed E-state index contributed by atoms with van der Waals surface area (Å²) in [5.74, 6) is 0.813. The lowest BCUT2D eigenvalue weighted by atomic mass is 10.1. The molecule has 2 N–H and O–H groups in total. The molecule has 1 unspecified atom stereocenters. The zero-order chi connectivity index (χ0) is 24.6. The van der Waals surface area contributed by atoms with Crippen LogP contribution in [0.15, 0.2) is 83.3 Å². The van der Waals surface area contributed by atoms with Gasteiger partial charge in [0.1, 0.15) is 23.4 Å². The van der Waals surface area contributed by atoms with Crippen LogP contribution < -0.4 is 10.1 Å². The number of oxazole rings is 1. The second-order valence-corrected chi connectivity index (χ2v) is 8.23. The van der Waals surface area contributed by atoms with Crippen LogP contribution in [0.25, 0.3) is 11.5 Å². The number of carboxylic acids is 1. The van der Waals surface area contributed by atoms with Crippen molar-refractivity contribution in [2.45, 2.75) is 32.4 Å². The lowest BCUT2D eigenvalue weighted by Gasteiger charge is -2.15. The number of aryl methyl sites for hydroxylation is 1. The third-order valence-corrected chi connectivity index (χ3v) is 5.65. The molecule has 0 fully saturated rings. The van der Waals surface area contributed by atoms with Gasteiger partial charge in [0.15, 0.2) is 0 Å². The van der Waals surface area contributed by atoms with Crippen molar-refractivity contribution in [1.29, 1.82) is 0 Å². The van der Waals surface area contributed by atoms with E-state index in [2.05, 4.69) is 10.3 Å². The molecule has 0 amide bonds. The number of nitrogens with one attached hydrogen (secondary N) is 1. The van der Waals surface area contributed by atoms with Crippen molar-refractivity contribution in [2.75, 3.05) is 6.61 Å². The summed E-state index contributed by atoms with van der Waals surface area (Å²) in [5, 5.41) is 12.6. The van der Waals surface area contributed by atoms with E-state index in [1.807, 2.05) is 61.5 Å². The average Bonchev–Trinajstić information content (AvgIpc) is 3.24. The lowest BCUT2D eigenvalue weighted by molar-refractivity contribution is -0.139. The smallest absolute Gasteiger partial charge is 0.321 e. The van der Waals surface area contributed by atoms with Gasteiger partial charge in [-0.1, -0.05) is 42.5 Å². The number of aromatic nitrogens is 1. The molecule has 1 aromatic heterocycles. The summed E-state index contributed by atoms with van der Waals surface area (Å²) < 4.78 is 24.7. The number of hydrogen-bond acceptors (Lipinski definition) is 5. The van der Waals surface area contributed by atoms with Gasteiger partial charge in [-0.05, 0) is 60.9 Å². The monoisotopic (exact) mass is 474 g/mol. The Balaban J connectivity index is 1.28. The fourth-order valence-electron chi connectivity index (χ4n) is 3.68. The van der Waals surface area contributed by atoms with Gasteiger partial charge < -0.3 is 19.6 Å². The van der Waals surface area contributed by atoms with E-state index in [1.54, 1.807) is 12.1 Å². The van der Waals surface area contributed by atoms with Crippen molar-refractivity contribution < 1.29 is 23.4 Å². The summed E-state index contributed by atoms with van der Waals surface area (Å²) >= 11 is 0. The molecule has 4 rings (SSSR count). The van der Waals surface area contributed by atoms with Crippen LogP contribution in [-0.2, 0) is 24.2 Å². The third-order valence-electron chi connectivity index (χ3n) is 5.65. The van der Waals surface area contributed by atoms with Crippen molar-refractivity contribution in [3.63, 3.8) is 0 Å². The normalized spacial score (nSPS) is 11.8. The molecule has 180 valence electrons. The number of carboxylic acid groups (broad SMARTS) is 1. The molecule has 3 aromatic carbocycles. The molecule has 1 atom stereocenters. The molecule has 0 spiro atoms. The number of ether oxygens (including phenoxy) is 1. The van der Waals surface area contributed by atoms with Gasteiger partial charge in [-0.3, -0.25) is 4.79 Å². The van der Waals surface area contributed by atoms with Crippen molar-refractivity contribution in [3.05, 3.63) is 107 Å². The summed E-state index contributed by atoms with van der Waals surface area (Å²) in [5.41, 5.74) is 3.48. The van der Waals surface area contributed by atoms with Gasteiger partial charge in [-0.2, -0.15) is 0 Å². The maximum atomic E-state index is 13.0. The van der Waals surface area contributed by atoms with E-state index < -0.39 is 12.0 Å². The Morgan fingerprint density at radius 1 is 1.03 bits per heavy atom. The third kappa shape index (κ3) is 6.77. The van der Waals surface area contributed by atoms with Crippen molar-refractivity contribution in [3.8, 4) is 17.2 Å². The zero-order valence-corrected chi connectivity index (χ0v) is 19.4. The molecule has 0 aliphatic rings. The fraction of sp³-hybridized carbons (Fsp3) is 0.214. The maximum absolute atomic E-state index is 13.0. The molecule has 0 saturated heterocycles. The highest BCUT2D eigenvalue weighted by Gasteiger charge is 2.17. The Bertz CT molecular complexity index is 1240. The first-order chi connectivity index (χ1) is 17.0. The minimum Gasteiger partial charge on any atom is -0.493 e. The molecule has 0 bridgehead atoms. The molecule has 0 radical (unpaired) electrons. The summed E-state index contributed by atoms with van der Waals surface area (Å²) in [6.07, 6.45) is 0.926. The maximum Gasteiger partial charge on any atom is 0.321 e. The van der Waals surface area contributed by atoms with Gasteiger partial charge in [-0.25, -0.2) is 9.37 Å². The van der Waals surface area contributed by atoms with E-state index in [-0.39, 0.29) is 5.82 Å². The molecule has 1 heterocycles. The molecule has 0 aliphatic heterocycles. The first-order valence-electron chi connectivity index (χ1n) is 11.4. The van der Waals surface area contributed by atoms with E-state index >= 15 is 0 Å². The van der Waals surface area contributed by atoms with Gasteiger partial charge in [0.25, 0.3) is 0 Å². The second kappa shape index (κ2) is 11.4. The van der Waals surface area contributed by atoms with Crippen molar-refractivity contribution in [1.82, 2.24) is 10.3 Å². The number of rotatable bonds is 11. The Kier molecular flexibility index (Phi) is 7.90. The van der Waals surface area contributed by atoms with Crippen LogP contribution >= 0.6 is 0 Å². The SMILES string of the molecule is Cc1oc(-c2ccccc2)nc1CCOc1ccc(CC(NCc2ccc(F)cc2)C(=O)O)cc1. The van der Waals surface area contributed by atoms with Crippen LogP contribution in [0.4, 0.5) is 4.39 Å². The van der Waals surface area contributed by atoms with Gasteiger partial charge >= 0.3 is 5.97 Å². The first kappa shape index (κ1) is 24.2. The van der Waals surface area contributed by atoms with Gasteiger partial charge in [0.2, 0.25) is 5.89 Å². The number of benzene rings is 3. The molecule has 0 saturated carbocycles. The quantitative estimate of drug-likeness (QED) is 0.311. The second-order valence-electron chi connectivity index (χ2n) is 8.23. The van der Waals surface area contributed by atoms with Gasteiger partial charge in [0, 0.05) is 18.5 Å². The van der Waals surface area contributed by atoms with Gasteiger partial charge in [0.05, 0.1) is 12.3 Å². The van der Waals surface area contributed by atoms with Crippen LogP contribution in [-0.4, -0.2) is 28.7 Å². The van der Waals surface area contributed by atoms with Crippen LogP contribution in [0.3, 0.4) is 0 Å². The van der Waals surface area contributed by atoms with Crippen LogP contribution in [0, 0.1) is 12.7 Å².